The molecule has 56 valence electrons. The van der Waals surface area contributed by atoms with Crippen molar-refractivity contribution in [3.63, 3.8) is 0 Å². The molecule has 0 aliphatic rings. The zero-order chi connectivity index (χ0) is 7.98. The third-order valence-corrected chi connectivity index (χ3v) is 1.38. The summed E-state index contributed by atoms with van der Waals surface area (Å²) in [6.07, 6.45) is 1.80. The Morgan fingerprint density at radius 1 is 1.80 bits per heavy atom. The van der Waals surface area contributed by atoms with E-state index in [9.17, 15) is 0 Å². The molecule has 0 aliphatic carbocycles. The van der Waals surface area contributed by atoms with Crippen molar-refractivity contribution < 1.29 is 0 Å². The average molecular weight is 156 g/mol. The molecule has 0 amide bonds. The van der Waals surface area contributed by atoms with E-state index in [-0.39, 0.29) is 6.04 Å². The monoisotopic (exact) mass is 156 g/mol. The maximum Gasteiger partial charge on any atom is 0.0948 e. The van der Waals surface area contributed by atoms with Crippen LogP contribution in [0.1, 0.15) is 26.7 Å². The summed E-state index contributed by atoms with van der Waals surface area (Å²) in [6.45, 7) is 3.90. The van der Waals surface area contributed by atoms with Crippen molar-refractivity contribution in [2.45, 2.75) is 32.7 Å². The van der Waals surface area contributed by atoms with Gasteiger partial charge in [0.05, 0.1) is 11.2 Å². The number of isothiocyanates is 1. The SMILES string of the molecule is CCCC(=N)C(C)N=C=S. The van der Waals surface area contributed by atoms with Crippen LogP contribution in [0.4, 0.5) is 0 Å². The van der Waals surface area contributed by atoms with E-state index < -0.39 is 0 Å². The largest absolute Gasteiger partial charge is 0.307 e. The van der Waals surface area contributed by atoms with Gasteiger partial charge in [0, 0.05) is 5.71 Å². The predicted octanol–water partition coefficient (Wildman–Crippen LogP) is 2.30. The summed E-state index contributed by atoms with van der Waals surface area (Å²) in [4.78, 5) is 3.78. The lowest BCUT2D eigenvalue weighted by Gasteiger charge is -2.03. The molecule has 2 nitrogen and oxygen atoms in total. The van der Waals surface area contributed by atoms with E-state index in [1.165, 1.54) is 0 Å². The van der Waals surface area contributed by atoms with Crippen molar-refractivity contribution >= 4 is 23.1 Å². The molecule has 0 saturated heterocycles. The van der Waals surface area contributed by atoms with Gasteiger partial charge < -0.3 is 5.41 Å². The van der Waals surface area contributed by atoms with E-state index in [1.807, 2.05) is 13.8 Å². The first-order valence-electron chi connectivity index (χ1n) is 3.36. The number of hydrogen-bond donors (Lipinski definition) is 1. The summed E-state index contributed by atoms with van der Waals surface area (Å²) in [6, 6.07) is -0.0718. The minimum absolute atomic E-state index is 0.0718. The molecule has 1 unspecified atom stereocenters. The molecule has 0 heterocycles. The van der Waals surface area contributed by atoms with Gasteiger partial charge in [-0.1, -0.05) is 13.3 Å². The van der Waals surface area contributed by atoms with Crippen LogP contribution in [0.5, 0.6) is 0 Å². The van der Waals surface area contributed by atoms with E-state index in [1.54, 1.807) is 0 Å². The first-order valence-corrected chi connectivity index (χ1v) is 3.77. The number of nitrogens with one attached hydrogen (secondary N) is 1. The fourth-order valence-electron chi connectivity index (χ4n) is 0.635. The van der Waals surface area contributed by atoms with Crippen molar-refractivity contribution in [3.05, 3.63) is 0 Å². The molecule has 0 aromatic heterocycles. The van der Waals surface area contributed by atoms with E-state index in [0.717, 1.165) is 12.8 Å². The second kappa shape index (κ2) is 5.27. The van der Waals surface area contributed by atoms with Crippen molar-refractivity contribution in [1.29, 1.82) is 5.41 Å². The van der Waals surface area contributed by atoms with Crippen LogP contribution in [0, 0.1) is 5.41 Å². The predicted molar refractivity (Wildman–Crippen MR) is 47.1 cm³/mol. The van der Waals surface area contributed by atoms with Gasteiger partial charge >= 0.3 is 0 Å². The lowest BCUT2D eigenvalue weighted by molar-refractivity contribution is 0.887. The normalized spacial score (nSPS) is 11.8. The van der Waals surface area contributed by atoms with Gasteiger partial charge in [-0.25, -0.2) is 4.99 Å². The van der Waals surface area contributed by atoms with Crippen LogP contribution >= 0.6 is 12.2 Å². The first-order chi connectivity index (χ1) is 4.72. The van der Waals surface area contributed by atoms with Crippen molar-refractivity contribution in [3.8, 4) is 0 Å². The second-order valence-electron chi connectivity index (χ2n) is 2.17. The molecule has 0 aliphatic heterocycles. The molecular weight excluding hydrogens is 144 g/mol. The Labute approximate surface area is 66.9 Å². The van der Waals surface area contributed by atoms with Gasteiger partial charge in [-0.2, -0.15) is 0 Å². The molecular formula is C7H12N2S. The molecule has 0 saturated carbocycles. The highest BCUT2D eigenvalue weighted by atomic mass is 32.1. The highest BCUT2D eigenvalue weighted by Crippen LogP contribution is 1.98. The smallest absolute Gasteiger partial charge is 0.0948 e. The van der Waals surface area contributed by atoms with E-state index in [2.05, 4.69) is 22.4 Å². The number of aliphatic imine (C=N–C) groups is 1. The van der Waals surface area contributed by atoms with Gasteiger partial charge in [0.15, 0.2) is 0 Å². The lowest BCUT2D eigenvalue weighted by Crippen LogP contribution is -2.12. The zero-order valence-corrected chi connectivity index (χ0v) is 7.16. The molecule has 0 spiro atoms. The summed E-state index contributed by atoms with van der Waals surface area (Å²) in [5.41, 5.74) is 0.639. The molecule has 0 rings (SSSR count). The van der Waals surface area contributed by atoms with Crippen LogP contribution in [0.3, 0.4) is 0 Å². The minimum atomic E-state index is -0.0718. The number of thiocarbonyl (C=S) groups is 1. The van der Waals surface area contributed by atoms with E-state index in [0.29, 0.717) is 5.71 Å². The Morgan fingerprint density at radius 2 is 2.40 bits per heavy atom. The summed E-state index contributed by atoms with van der Waals surface area (Å²) in [5, 5.41) is 9.69. The molecule has 0 aromatic carbocycles. The second-order valence-corrected chi connectivity index (χ2v) is 2.35. The molecule has 1 N–H and O–H groups in total. The fourth-order valence-corrected chi connectivity index (χ4v) is 0.793. The topological polar surface area (TPSA) is 36.2 Å². The quantitative estimate of drug-likeness (QED) is 0.492. The maximum absolute atomic E-state index is 7.42. The van der Waals surface area contributed by atoms with Gasteiger partial charge in [0.1, 0.15) is 0 Å². The van der Waals surface area contributed by atoms with Gasteiger partial charge in [0.2, 0.25) is 0 Å². The van der Waals surface area contributed by atoms with Crippen molar-refractivity contribution in [2.75, 3.05) is 0 Å². The minimum Gasteiger partial charge on any atom is -0.307 e. The molecule has 0 aromatic rings. The van der Waals surface area contributed by atoms with Crippen LogP contribution in [-0.2, 0) is 0 Å². The molecule has 0 radical (unpaired) electrons. The Hall–Kier alpha value is -0.530. The van der Waals surface area contributed by atoms with Gasteiger partial charge in [0.25, 0.3) is 0 Å². The Balaban J connectivity index is 3.81. The third kappa shape index (κ3) is 3.49. The van der Waals surface area contributed by atoms with E-state index >= 15 is 0 Å². The first kappa shape index (κ1) is 9.47. The maximum atomic E-state index is 7.42. The number of rotatable bonds is 4. The Morgan fingerprint density at radius 3 is 2.80 bits per heavy atom. The summed E-state index contributed by atoms with van der Waals surface area (Å²) in [7, 11) is 0. The summed E-state index contributed by atoms with van der Waals surface area (Å²) < 4.78 is 0. The zero-order valence-electron chi connectivity index (χ0n) is 6.35. The van der Waals surface area contributed by atoms with Crippen LogP contribution in [-0.4, -0.2) is 16.9 Å². The van der Waals surface area contributed by atoms with Crippen LogP contribution in [0.15, 0.2) is 4.99 Å². The number of nitrogens with zero attached hydrogens (tertiary/aromatic N) is 1. The fraction of sp³-hybridized carbons (Fsp3) is 0.714. The Kier molecular flexibility index (Phi) is 4.99. The van der Waals surface area contributed by atoms with Gasteiger partial charge in [-0.15, -0.1) is 0 Å². The molecule has 10 heavy (non-hydrogen) atoms. The third-order valence-electron chi connectivity index (χ3n) is 1.27. The lowest BCUT2D eigenvalue weighted by atomic mass is 10.1. The van der Waals surface area contributed by atoms with Crippen molar-refractivity contribution in [1.82, 2.24) is 0 Å². The van der Waals surface area contributed by atoms with Gasteiger partial charge in [-0.05, 0) is 25.6 Å². The molecule has 3 heteroatoms. The van der Waals surface area contributed by atoms with E-state index in [4.69, 9.17) is 5.41 Å². The highest BCUT2D eigenvalue weighted by molar-refractivity contribution is 7.78. The Bertz CT molecular complexity index is 159. The molecule has 1 atom stereocenters. The standard InChI is InChI=1S/C7H12N2S/c1-3-4-7(8)6(2)9-5-10/h6,8H,3-4H2,1-2H3. The number of hydrogen-bond acceptors (Lipinski definition) is 3. The summed E-state index contributed by atoms with van der Waals surface area (Å²) in [5.74, 6) is 0. The average Bonchev–Trinajstić information content (AvgIpc) is 1.89. The highest BCUT2D eigenvalue weighted by Gasteiger charge is 2.03. The van der Waals surface area contributed by atoms with Crippen LogP contribution < -0.4 is 0 Å². The molecule has 0 fully saturated rings. The van der Waals surface area contributed by atoms with Gasteiger partial charge in [-0.3, -0.25) is 0 Å². The summed E-state index contributed by atoms with van der Waals surface area (Å²) >= 11 is 4.42. The van der Waals surface area contributed by atoms with Crippen LogP contribution in [0.25, 0.3) is 0 Å². The molecule has 0 bridgehead atoms. The van der Waals surface area contributed by atoms with Crippen molar-refractivity contribution in [2.24, 2.45) is 4.99 Å². The van der Waals surface area contributed by atoms with Crippen LogP contribution in [0.2, 0.25) is 0 Å².